The number of amides is 2. The van der Waals surface area contributed by atoms with Crippen molar-refractivity contribution in [2.45, 2.75) is 19.4 Å². The molecule has 0 saturated heterocycles. The maximum absolute atomic E-state index is 12.1. The van der Waals surface area contributed by atoms with Gasteiger partial charge in [0.05, 0.1) is 6.54 Å². The average molecular weight is 398 g/mol. The van der Waals surface area contributed by atoms with Gasteiger partial charge >= 0.3 is 0 Å². The van der Waals surface area contributed by atoms with Crippen LogP contribution in [0.5, 0.6) is 0 Å². The van der Waals surface area contributed by atoms with E-state index in [9.17, 15) is 9.59 Å². The van der Waals surface area contributed by atoms with E-state index >= 15 is 0 Å². The van der Waals surface area contributed by atoms with E-state index in [2.05, 4.69) is 20.7 Å². The normalized spacial score (nSPS) is 10.5. The van der Waals surface area contributed by atoms with Gasteiger partial charge in [0.15, 0.2) is 0 Å². The molecule has 0 spiro atoms. The fourth-order valence-corrected chi connectivity index (χ4v) is 2.75. The van der Waals surface area contributed by atoms with Crippen LogP contribution in [0.2, 0.25) is 5.02 Å². The van der Waals surface area contributed by atoms with Crippen LogP contribution in [0.4, 0.5) is 5.69 Å². The summed E-state index contributed by atoms with van der Waals surface area (Å²) in [5.74, 6) is -0.281. The van der Waals surface area contributed by atoms with Gasteiger partial charge < -0.3 is 10.6 Å². The molecular weight excluding hydrogens is 378 g/mol. The molecule has 0 aliphatic heterocycles. The summed E-state index contributed by atoms with van der Waals surface area (Å²) in [4.78, 5) is 28.0. The summed E-state index contributed by atoms with van der Waals surface area (Å²) in [5.41, 5.74) is 2.28. The molecule has 0 saturated carbocycles. The lowest BCUT2D eigenvalue weighted by molar-refractivity contribution is -0.116. The van der Waals surface area contributed by atoms with Gasteiger partial charge in [-0.3, -0.25) is 9.59 Å². The van der Waals surface area contributed by atoms with E-state index in [1.54, 1.807) is 35.3 Å². The molecule has 7 nitrogen and oxygen atoms in total. The number of carbonyl (C=O) groups excluding carboxylic acids is 2. The zero-order valence-corrected chi connectivity index (χ0v) is 15.9. The Labute approximate surface area is 167 Å². The number of halogens is 1. The van der Waals surface area contributed by atoms with Crippen molar-refractivity contribution in [3.8, 4) is 0 Å². The first-order valence-corrected chi connectivity index (χ1v) is 9.23. The predicted octanol–water partition coefficient (Wildman–Crippen LogP) is 3.13. The van der Waals surface area contributed by atoms with Crippen LogP contribution in [0.25, 0.3) is 0 Å². The summed E-state index contributed by atoms with van der Waals surface area (Å²) < 4.78 is 1.71. The van der Waals surface area contributed by atoms with Crippen molar-refractivity contribution in [1.29, 1.82) is 0 Å². The van der Waals surface area contributed by atoms with Gasteiger partial charge in [0.2, 0.25) is 5.91 Å². The Bertz CT molecular complexity index is 926. The topological polar surface area (TPSA) is 88.9 Å². The number of hydrogen-bond donors (Lipinski definition) is 2. The Morgan fingerprint density at radius 2 is 1.93 bits per heavy atom. The minimum Gasteiger partial charge on any atom is -0.352 e. The Morgan fingerprint density at radius 1 is 1.11 bits per heavy atom. The number of benzene rings is 2. The maximum atomic E-state index is 12.1. The standard InChI is InChI=1S/C20H20ClN5O2/c21-17-8-6-16(7-9-17)20(28)23-10-2-5-19(27)25-18-4-1-3-15(11-18)12-26-14-22-13-24-26/h1,3-4,6-9,11,13-14H,2,5,10,12H2,(H,23,28)(H,25,27). The van der Waals surface area contributed by atoms with E-state index in [1.165, 1.54) is 6.33 Å². The van der Waals surface area contributed by atoms with Crippen LogP contribution in [-0.2, 0) is 11.3 Å². The van der Waals surface area contributed by atoms with E-state index in [1.807, 2.05) is 24.3 Å². The second-order valence-electron chi connectivity index (χ2n) is 6.21. The number of aromatic nitrogens is 3. The number of anilines is 1. The lowest BCUT2D eigenvalue weighted by Crippen LogP contribution is -2.25. The number of hydrogen-bond acceptors (Lipinski definition) is 4. The van der Waals surface area contributed by atoms with Crippen LogP contribution in [0.15, 0.2) is 61.2 Å². The molecule has 0 aliphatic carbocycles. The predicted molar refractivity (Wildman–Crippen MR) is 107 cm³/mol. The average Bonchev–Trinajstić information content (AvgIpc) is 3.19. The molecule has 28 heavy (non-hydrogen) atoms. The summed E-state index contributed by atoms with van der Waals surface area (Å²) in [7, 11) is 0. The molecule has 1 heterocycles. The molecule has 0 radical (unpaired) electrons. The van der Waals surface area contributed by atoms with E-state index < -0.39 is 0 Å². The van der Waals surface area contributed by atoms with Gasteiger partial charge in [-0.15, -0.1) is 0 Å². The van der Waals surface area contributed by atoms with Crippen LogP contribution >= 0.6 is 11.6 Å². The first-order chi connectivity index (χ1) is 13.6. The molecule has 0 atom stereocenters. The van der Waals surface area contributed by atoms with Gasteiger partial charge in [-0.1, -0.05) is 23.7 Å². The highest BCUT2D eigenvalue weighted by molar-refractivity contribution is 6.30. The Hall–Kier alpha value is -3.19. The van der Waals surface area contributed by atoms with Crippen molar-refractivity contribution in [2.75, 3.05) is 11.9 Å². The summed E-state index contributed by atoms with van der Waals surface area (Å²) in [6.07, 6.45) is 3.99. The maximum Gasteiger partial charge on any atom is 0.251 e. The largest absolute Gasteiger partial charge is 0.352 e. The third-order valence-electron chi connectivity index (χ3n) is 3.99. The molecular formula is C20H20ClN5O2. The minimum atomic E-state index is -0.183. The van der Waals surface area contributed by atoms with Crippen molar-refractivity contribution < 1.29 is 9.59 Å². The Kier molecular flexibility index (Phi) is 6.75. The number of nitrogens with one attached hydrogen (secondary N) is 2. The third-order valence-corrected chi connectivity index (χ3v) is 4.25. The SMILES string of the molecule is O=C(CCCNC(=O)c1ccc(Cl)cc1)Nc1cccc(Cn2cncn2)c1. The molecule has 2 aromatic carbocycles. The second-order valence-corrected chi connectivity index (χ2v) is 6.64. The molecule has 8 heteroatoms. The Morgan fingerprint density at radius 3 is 2.68 bits per heavy atom. The van der Waals surface area contributed by atoms with Crippen molar-refractivity contribution in [3.63, 3.8) is 0 Å². The number of carbonyl (C=O) groups is 2. The van der Waals surface area contributed by atoms with Crippen LogP contribution < -0.4 is 10.6 Å². The molecule has 2 amide bonds. The van der Waals surface area contributed by atoms with Gasteiger partial charge in [0, 0.05) is 29.2 Å². The lowest BCUT2D eigenvalue weighted by Gasteiger charge is -2.08. The zero-order valence-electron chi connectivity index (χ0n) is 15.1. The highest BCUT2D eigenvalue weighted by atomic mass is 35.5. The van der Waals surface area contributed by atoms with Crippen molar-refractivity contribution >= 4 is 29.1 Å². The van der Waals surface area contributed by atoms with Gasteiger partial charge in [0.25, 0.3) is 5.91 Å². The molecule has 1 aromatic heterocycles. The van der Waals surface area contributed by atoms with Gasteiger partial charge in [-0.25, -0.2) is 9.67 Å². The quantitative estimate of drug-likeness (QED) is 0.571. The molecule has 0 bridgehead atoms. The van der Waals surface area contributed by atoms with Crippen LogP contribution in [0.3, 0.4) is 0 Å². The fourth-order valence-electron chi connectivity index (χ4n) is 2.63. The van der Waals surface area contributed by atoms with E-state index in [0.29, 0.717) is 36.5 Å². The minimum absolute atomic E-state index is 0.0985. The smallest absolute Gasteiger partial charge is 0.251 e. The highest BCUT2D eigenvalue weighted by Gasteiger charge is 2.07. The zero-order chi connectivity index (χ0) is 19.8. The van der Waals surface area contributed by atoms with Gasteiger partial charge in [-0.2, -0.15) is 5.10 Å². The van der Waals surface area contributed by atoms with E-state index in [0.717, 1.165) is 11.3 Å². The molecule has 3 rings (SSSR count). The van der Waals surface area contributed by atoms with Gasteiger partial charge in [0.1, 0.15) is 12.7 Å². The third kappa shape index (κ3) is 5.92. The summed E-state index contributed by atoms with van der Waals surface area (Å²) >= 11 is 5.81. The summed E-state index contributed by atoms with van der Waals surface area (Å²) in [5, 5.41) is 10.3. The van der Waals surface area contributed by atoms with E-state index in [-0.39, 0.29) is 11.8 Å². The van der Waals surface area contributed by atoms with Crippen molar-refractivity contribution in [1.82, 2.24) is 20.1 Å². The molecule has 0 unspecified atom stereocenters. The molecule has 0 aliphatic rings. The Balaban J connectivity index is 1.40. The van der Waals surface area contributed by atoms with Crippen LogP contribution in [-0.4, -0.2) is 33.1 Å². The van der Waals surface area contributed by atoms with Crippen LogP contribution in [0.1, 0.15) is 28.8 Å². The number of nitrogens with zero attached hydrogens (tertiary/aromatic N) is 3. The first kappa shape index (κ1) is 19.6. The lowest BCUT2D eigenvalue weighted by atomic mass is 10.2. The number of rotatable bonds is 8. The van der Waals surface area contributed by atoms with Crippen LogP contribution in [0, 0.1) is 0 Å². The first-order valence-electron chi connectivity index (χ1n) is 8.85. The summed E-state index contributed by atoms with van der Waals surface area (Å²) in [6, 6.07) is 14.2. The van der Waals surface area contributed by atoms with Crippen molar-refractivity contribution in [3.05, 3.63) is 77.3 Å². The summed E-state index contributed by atoms with van der Waals surface area (Å²) in [6.45, 7) is 1.00. The monoisotopic (exact) mass is 397 g/mol. The second kappa shape index (κ2) is 9.66. The molecule has 144 valence electrons. The molecule has 3 aromatic rings. The molecule has 2 N–H and O–H groups in total. The fraction of sp³-hybridized carbons (Fsp3) is 0.200. The van der Waals surface area contributed by atoms with Gasteiger partial charge in [-0.05, 0) is 48.4 Å². The molecule has 0 fully saturated rings. The van der Waals surface area contributed by atoms with E-state index in [4.69, 9.17) is 11.6 Å². The van der Waals surface area contributed by atoms with Crippen molar-refractivity contribution in [2.24, 2.45) is 0 Å². The highest BCUT2D eigenvalue weighted by Crippen LogP contribution is 2.12.